The number of methoxy groups -OCH3 is 2. The molecule has 5 rings (SSSR count). The van der Waals surface area contributed by atoms with E-state index in [4.69, 9.17) is 14.2 Å². The number of benzene rings is 2. The van der Waals surface area contributed by atoms with Gasteiger partial charge in [0, 0.05) is 43.9 Å². The highest BCUT2D eigenvalue weighted by atomic mass is 16.6. The number of ether oxygens (including phenoxy) is 3. The van der Waals surface area contributed by atoms with E-state index in [2.05, 4.69) is 19.2 Å². The van der Waals surface area contributed by atoms with Gasteiger partial charge in [-0.3, -0.25) is 9.59 Å². The molecule has 2 heterocycles. The molecule has 0 radical (unpaired) electrons. The van der Waals surface area contributed by atoms with Crippen molar-refractivity contribution in [1.29, 1.82) is 0 Å². The first kappa shape index (κ1) is 29.3. The number of carbonyl (C=O) groups is 3. The number of allylic oxidation sites excluding steroid dienone is 1. The Morgan fingerprint density at radius 1 is 0.952 bits per heavy atom. The number of amides is 2. The van der Waals surface area contributed by atoms with Crippen molar-refractivity contribution in [2.24, 2.45) is 5.41 Å². The Hall–Kier alpha value is -4.21. The molecule has 1 aliphatic carbocycles. The molecule has 224 valence electrons. The third-order valence-corrected chi connectivity index (χ3v) is 8.19. The Bertz CT molecular complexity index is 1400. The lowest BCUT2D eigenvalue weighted by Gasteiger charge is -2.39. The molecule has 1 fully saturated rings. The summed E-state index contributed by atoms with van der Waals surface area (Å²) in [6, 6.07) is 13.0. The second kappa shape index (κ2) is 12.0. The Morgan fingerprint density at radius 3 is 2.33 bits per heavy atom. The molecule has 42 heavy (non-hydrogen) atoms. The molecule has 2 aromatic carbocycles. The van der Waals surface area contributed by atoms with Crippen LogP contribution in [0.5, 0.6) is 11.5 Å². The van der Waals surface area contributed by atoms with Crippen molar-refractivity contribution < 1.29 is 28.6 Å². The number of hydrogen-bond donors (Lipinski definition) is 1. The van der Waals surface area contributed by atoms with Crippen molar-refractivity contribution in [3.05, 3.63) is 59.3 Å². The molecule has 10 nitrogen and oxygen atoms in total. The molecule has 10 heteroatoms. The molecule has 0 saturated carbocycles. The summed E-state index contributed by atoms with van der Waals surface area (Å²) in [5, 5.41) is 3.59. The molecule has 2 aliphatic heterocycles. The van der Waals surface area contributed by atoms with Crippen LogP contribution in [0.15, 0.2) is 53.7 Å². The predicted molar refractivity (Wildman–Crippen MR) is 160 cm³/mol. The first-order valence-corrected chi connectivity index (χ1v) is 14.5. The molecule has 2 amide bonds. The van der Waals surface area contributed by atoms with Gasteiger partial charge in [-0.25, -0.2) is 4.79 Å². The van der Waals surface area contributed by atoms with Crippen LogP contribution in [0.2, 0.25) is 0 Å². The summed E-state index contributed by atoms with van der Waals surface area (Å²) in [7, 11) is 3.17. The molecular formula is C32H40N4O6. The van der Waals surface area contributed by atoms with Crippen molar-refractivity contribution in [2.45, 2.75) is 39.7 Å². The minimum absolute atomic E-state index is 0.0462. The quantitative estimate of drug-likeness (QED) is 0.532. The second-order valence-electron chi connectivity index (χ2n) is 11.7. The number of anilines is 2. The zero-order chi connectivity index (χ0) is 30.0. The Kier molecular flexibility index (Phi) is 8.34. The number of hydrogen-bond acceptors (Lipinski definition) is 8. The van der Waals surface area contributed by atoms with Crippen LogP contribution in [-0.4, -0.2) is 81.1 Å². The van der Waals surface area contributed by atoms with Gasteiger partial charge in [0.25, 0.3) is 0 Å². The van der Waals surface area contributed by atoms with E-state index < -0.39 is 6.04 Å². The summed E-state index contributed by atoms with van der Waals surface area (Å²) >= 11 is 0. The van der Waals surface area contributed by atoms with Gasteiger partial charge < -0.3 is 34.2 Å². The van der Waals surface area contributed by atoms with Crippen molar-refractivity contribution in [2.75, 3.05) is 63.8 Å². The first-order valence-electron chi connectivity index (χ1n) is 14.5. The molecular weight excluding hydrogens is 536 g/mol. The van der Waals surface area contributed by atoms with E-state index in [1.165, 1.54) is 0 Å². The number of nitrogens with one attached hydrogen (secondary N) is 1. The maximum atomic E-state index is 14.0. The van der Waals surface area contributed by atoms with Gasteiger partial charge in [-0.1, -0.05) is 32.0 Å². The van der Waals surface area contributed by atoms with Crippen LogP contribution in [0.25, 0.3) is 0 Å². The van der Waals surface area contributed by atoms with E-state index in [-0.39, 0.29) is 29.7 Å². The van der Waals surface area contributed by atoms with Crippen LogP contribution >= 0.6 is 0 Å². The Morgan fingerprint density at radius 2 is 1.64 bits per heavy atom. The van der Waals surface area contributed by atoms with E-state index in [1.54, 1.807) is 30.9 Å². The lowest BCUT2D eigenvalue weighted by molar-refractivity contribution is -0.131. The predicted octanol–water partition coefficient (Wildman–Crippen LogP) is 4.62. The number of para-hydroxylation sites is 2. The fourth-order valence-electron chi connectivity index (χ4n) is 6.20. The first-order chi connectivity index (χ1) is 20.2. The smallest absolute Gasteiger partial charge is 0.409 e. The van der Waals surface area contributed by atoms with E-state index in [0.29, 0.717) is 62.7 Å². The van der Waals surface area contributed by atoms with Crippen molar-refractivity contribution in [3.63, 3.8) is 0 Å². The van der Waals surface area contributed by atoms with Gasteiger partial charge in [0.15, 0.2) is 17.3 Å². The lowest BCUT2D eigenvalue weighted by atomic mass is 9.73. The molecule has 0 bridgehead atoms. The van der Waals surface area contributed by atoms with Crippen LogP contribution in [0, 0.1) is 5.41 Å². The number of Topliss-reactive ketones (excluding diaryl/α,β-unsaturated/α-hetero) is 1. The standard InChI is InChI=1S/C32H40N4O6/c1-6-42-31(39)35-15-13-34(14-16-35)28(38)20-36-24-10-8-7-9-22(24)33-23-18-32(2,3)19-25(37)29(23)30(36)21-11-12-26(40-4)27(17-21)41-5/h7-12,17,30,33H,6,13-16,18-20H2,1-5H3. The maximum Gasteiger partial charge on any atom is 0.409 e. The largest absolute Gasteiger partial charge is 0.493 e. The highest BCUT2D eigenvalue weighted by molar-refractivity contribution is 6.02. The molecule has 1 N–H and O–H groups in total. The summed E-state index contributed by atoms with van der Waals surface area (Å²) < 4.78 is 16.3. The maximum absolute atomic E-state index is 14.0. The minimum Gasteiger partial charge on any atom is -0.493 e. The zero-order valence-electron chi connectivity index (χ0n) is 25.1. The van der Waals surface area contributed by atoms with Crippen LogP contribution in [-0.2, 0) is 14.3 Å². The second-order valence-corrected chi connectivity index (χ2v) is 11.7. The fraction of sp³-hybridized carbons (Fsp3) is 0.469. The van der Waals surface area contributed by atoms with E-state index in [1.807, 2.05) is 47.4 Å². The number of fused-ring (bicyclic) bond motifs is 1. The third kappa shape index (κ3) is 5.75. The van der Waals surface area contributed by atoms with Crippen LogP contribution in [0.1, 0.15) is 45.2 Å². The summed E-state index contributed by atoms with van der Waals surface area (Å²) in [5.41, 5.74) is 3.84. The number of ketones is 1. The van der Waals surface area contributed by atoms with Gasteiger partial charge in [-0.05, 0) is 48.6 Å². The van der Waals surface area contributed by atoms with Crippen molar-refractivity contribution in [1.82, 2.24) is 9.80 Å². The lowest BCUT2D eigenvalue weighted by Crippen LogP contribution is -2.53. The number of piperazine rings is 1. The monoisotopic (exact) mass is 576 g/mol. The van der Waals surface area contributed by atoms with Gasteiger partial charge >= 0.3 is 6.09 Å². The average Bonchev–Trinajstić information content (AvgIpc) is 3.10. The molecule has 1 saturated heterocycles. The number of carbonyl (C=O) groups excluding carboxylic acids is 3. The van der Waals surface area contributed by atoms with Gasteiger partial charge in [0.2, 0.25) is 5.91 Å². The molecule has 0 spiro atoms. The van der Waals surface area contributed by atoms with Gasteiger partial charge in [-0.15, -0.1) is 0 Å². The fourth-order valence-corrected chi connectivity index (χ4v) is 6.20. The zero-order valence-corrected chi connectivity index (χ0v) is 25.1. The SMILES string of the molecule is CCOC(=O)N1CCN(C(=O)CN2c3ccccc3NC3=C(C(=O)CC(C)(C)C3)C2c2ccc(OC)c(OC)c2)CC1. The van der Waals surface area contributed by atoms with Gasteiger partial charge in [-0.2, -0.15) is 0 Å². The number of rotatable bonds is 6. The molecule has 2 aromatic rings. The molecule has 3 aliphatic rings. The van der Waals surface area contributed by atoms with Crippen molar-refractivity contribution in [3.8, 4) is 11.5 Å². The summed E-state index contributed by atoms with van der Waals surface area (Å²) in [6.45, 7) is 7.98. The Balaban J connectivity index is 1.56. The average molecular weight is 577 g/mol. The van der Waals surface area contributed by atoms with Crippen LogP contribution in [0.4, 0.5) is 16.2 Å². The summed E-state index contributed by atoms with van der Waals surface area (Å²) in [5.74, 6) is 1.11. The van der Waals surface area contributed by atoms with E-state index in [0.717, 1.165) is 22.6 Å². The summed E-state index contributed by atoms with van der Waals surface area (Å²) in [6.07, 6.45) is 0.749. The van der Waals surface area contributed by atoms with Crippen molar-refractivity contribution >= 4 is 29.2 Å². The molecule has 1 unspecified atom stereocenters. The summed E-state index contributed by atoms with van der Waals surface area (Å²) in [4.78, 5) is 45.5. The minimum atomic E-state index is -0.538. The topological polar surface area (TPSA) is 101 Å². The molecule has 0 aromatic heterocycles. The molecule has 1 atom stereocenters. The highest BCUT2D eigenvalue weighted by Gasteiger charge is 2.42. The highest BCUT2D eigenvalue weighted by Crippen LogP contribution is 2.49. The van der Waals surface area contributed by atoms with Crippen LogP contribution in [0.3, 0.4) is 0 Å². The Labute approximate surface area is 247 Å². The number of nitrogens with zero attached hydrogens (tertiary/aromatic N) is 3. The van der Waals surface area contributed by atoms with Gasteiger partial charge in [0.1, 0.15) is 0 Å². The normalized spacial score (nSPS) is 19.8. The van der Waals surface area contributed by atoms with Crippen LogP contribution < -0.4 is 19.7 Å². The third-order valence-electron chi connectivity index (χ3n) is 8.19. The van der Waals surface area contributed by atoms with E-state index in [9.17, 15) is 14.4 Å². The van der Waals surface area contributed by atoms with Gasteiger partial charge in [0.05, 0.1) is 44.8 Å². The van der Waals surface area contributed by atoms with E-state index >= 15 is 0 Å².